The van der Waals surface area contributed by atoms with Crippen molar-refractivity contribution in [2.75, 3.05) is 11.9 Å². The van der Waals surface area contributed by atoms with Crippen molar-refractivity contribution in [1.82, 2.24) is 0 Å². The summed E-state index contributed by atoms with van der Waals surface area (Å²) in [5.41, 5.74) is 2.52. The summed E-state index contributed by atoms with van der Waals surface area (Å²) in [5.74, 6) is -1.47. The standard InChI is InChI=1S/C16H15BrClNO2/c1-10-7-13(17)15(8-14(10)18)19-9-12(16(20)21)11-5-3-2-4-6-11/h2-8,12,19H,9H2,1H3,(H,20,21). The molecular weight excluding hydrogens is 354 g/mol. The maximum absolute atomic E-state index is 11.4. The van der Waals surface area contributed by atoms with Crippen LogP contribution in [0.5, 0.6) is 0 Å². The van der Waals surface area contributed by atoms with Crippen molar-refractivity contribution in [3.63, 3.8) is 0 Å². The summed E-state index contributed by atoms with van der Waals surface area (Å²) in [6.07, 6.45) is 0. The summed E-state index contributed by atoms with van der Waals surface area (Å²) in [6.45, 7) is 2.21. The average Bonchev–Trinajstić information content (AvgIpc) is 2.45. The van der Waals surface area contributed by atoms with Crippen LogP contribution in [0.3, 0.4) is 0 Å². The number of anilines is 1. The monoisotopic (exact) mass is 367 g/mol. The van der Waals surface area contributed by atoms with Crippen molar-refractivity contribution in [2.24, 2.45) is 0 Å². The summed E-state index contributed by atoms with van der Waals surface area (Å²) in [7, 11) is 0. The van der Waals surface area contributed by atoms with E-state index < -0.39 is 11.9 Å². The van der Waals surface area contributed by atoms with E-state index >= 15 is 0 Å². The molecule has 0 bridgehead atoms. The van der Waals surface area contributed by atoms with Crippen LogP contribution in [0.4, 0.5) is 5.69 Å². The largest absolute Gasteiger partial charge is 0.481 e. The van der Waals surface area contributed by atoms with Gasteiger partial charge in [0.25, 0.3) is 0 Å². The molecule has 0 aliphatic carbocycles. The van der Waals surface area contributed by atoms with Crippen LogP contribution in [-0.4, -0.2) is 17.6 Å². The minimum absolute atomic E-state index is 0.289. The molecule has 21 heavy (non-hydrogen) atoms. The van der Waals surface area contributed by atoms with Gasteiger partial charge in [0.1, 0.15) is 0 Å². The number of hydrogen-bond acceptors (Lipinski definition) is 2. The Kier molecular flexibility index (Phi) is 5.26. The second kappa shape index (κ2) is 6.96. The van der Waals surface area contributed by atoms with Crippen molar-refractivity contribution in [3.8, 4) is 0 Å². The second-order valence-corrected chi connectivity index (χ2v) is 6.03. The van der Waals surface area contributed by atoms with Gasteiger partial charge in [-0.25, -0.2) is 0 Å². The average molecular weight is 369 g/mol. The molecule has 2 aromatic rings. The Hall–Kier alpha value is -1.52. The van der Waals surface area contributed by atoms with Gasteiger partial charge in [-0.1, -0.05) is 41.9 Å². The number of carbonyl (C=O) groups is 1. The van der Waals surface area contributed by atoms with Crippen LogP contribution >= 0.6 is 27.5 Å². The molecule has 0 spiro atoms. The Balaban J connectivity index is 2.17. The van der Waals surface area contributed by atoms with E-state index in [1.807, 2.05) is 43.3 Å². The Morgan fingerprint density at radius 2 is 2.00 bits per heavy atom. The van der Waals surface area contributed by atoms with E-state index in [2.05, 4.69) is 21.2 Å². The number of aryl methyl sites for hydroxylation is 1. The molecule has 0 aromatic heterocycles. The van der Waals surface area contributed by atoms with Gasteiger partial charge >= 0.3 is 5.97 Å². The summed E-state index contributed by atoms with van der Waals surface area (Å²) in [4.78, 5) is 11.4. The van der Waals surface area contributed by atoms with Gasteiger partial charge in [-0.3, -0.25) is 4.79 Å². The third kappa shape index (κ3) is 3.99. The van der Waals surface area contributed by atoms with E-state index in [4.69, 9.17) is 11.6 Å². The first kappa shape index (κ1) is 15.9. The summed E-state index contributed by atoms with van der Waals surface area (Å²) < 4.78 is 0.863. The normalized spacial score (nSPS) is 12.0. The Morgan fingerprint density at radius 3 is 2.62 bits per heavy atom. The molecule has 0 heterocycles. The molecule has 0 aliphatic rings. The number of benzene rings is 2. The summed E-state index contributed by atoms with van der Waals surface area (Å²) in [6, 6.07) is 12.9. The molecule has 1 unspecified atom stereocenters. The highest BCUT2D eigenvalue weighted by Crippen LogP contribution is 2.30. The summed E-state index contributed by atoms with van der Waals surface area (Å²) in [5, 5.41) is 13.2. The number of nitrogens with one attached hydrogen (secondary N) is 1. The fraction of sp³-hybridized carbons (Fsp3) is 0.188. The minimum Gasteiger partial charge on any atom is -0.481 e. The molecule has 2 aromatic carbocycles. The zero-order chi connectivity index (χ0) is 15.4. The molecule has 2 rings (SSSR count). The maximum Gasteiger partial charge on any atom is 0.312 e. The van der Waals surface area contributed by atoms with Crippen molar-refractivity contribution < 1.29 is 9.90 Å². The zero-order valence-corrected chi connectivity index (χ0v) is 13.8. The minimum atomic E-state index is -0.858. The van der Waals surface area contributed by atoms with Crippen LogP contribution in [0, 0.1) is 6.92 Å². The molecular formula is C16H15BrClNO2. The predicted octanol–water partition coefficient (Wildman–Crippen LogP) is 4.69. The van der Waals surface area contributed by atoms with E-state index in [1.165, 1.54) is 0 Å². The number of halogens is 2. The highest BCUT2D eigenvalue weighted by atomic mass is 79.9. The number of carboxylic acids is 1. The fourth-order valence-electron chi connectivity index (χ4n) is 2.03. The topological polar surface area (TPSA) is 49.3 Å². The maximum atomic E-state index is 11.4. The third-order valence-electron chi connectivity index (χ3n) is 3.24. The van der Waals surface area contributed by atoms with E-state index in [0.717, 1.165) is 21.3 Å². The first-order chi connectivity index (χ1) is 9.99. The van der Waals surface area contributed by atoms with Gasteiger partial charge in [0.15, 0.2) is 0 Å². The van der Waals surface area contributed by atoms with Crippen molar-refractivity contribution in [2.45, 2.75) is 12.8 Å². The molecule has 0 saturated carbocycles. The molecule has 110 valence electrons. The van der Waals surface area contributed by atoms with Crippen molar-refractivity contribution in [1.29, 1.82) is 0 Å². The molecule has 3 nitrogen and oxygen atoms in total. The molecule has 0 radical (unpaired) electrons. The smallest absolute Gasteiger partial charge is 0.312 e. The van der Waals surface area contributed by atoms with Gasteiger partial charge in [0.2, 0.25) is 0 Å². The van der Waals surface area contributed by atoms with E-state index in [0.29, 0.717) is 5.02 Å². The van der Waals surface area contributed by atoms with Crippen molar-refractivity contribution >= 4 is 39.2 Å². The Morgan fingerprint density at radius 1 is 1.33 bits per heavy atom. The van der Waals surface area contributed by atoms with E-state index in [9.17, 15) is 9.90 Å². The van der Waals surface area contributed by atoms with E-state index in [-0.39, 0.29) is 6.54 Å². The molecule has 0 saturated heterocycles. The molecule has 0 aliphatic heterocycles. The quantitative estimate of drug-likeness (QED) is 0.805. The molecule has 5 heteroatoms. The highest BCUT2D eigenvalue weighted by Gasteiger charge is 2.19. The van der Waals surface area contributed by atoms with E-state index in [1.54, 1.807) is 6.07 Å². The van der Waals surface area contributed by atoms with Crippen LogP contribution in [-0.2, 0) is 4.79 Å². The lowest BCUT2D eigenvalue weighted by atomic mass is 9.99. The number of carboxylic acid groups (broad SMARTS) is 1. The SMILES string of the molecule is Cc1cc(Br)c(NCC(C(=O)O)c2ccccc2)cc1Cl. The Labute approximate surface area is 137 Å². The summed E-state index contributed by atoms with van der Waals surface area (Å²) >= 11 is 9.56. The van der Waals surface area contributed by atoms with Crippen LogP contribution in [0.2, 0.25) is 5.02 Å². The second-order valence-electron chi connectivity index (χ2n) is 4.76. The predicted molar refractivity (Wildman–Crippen MR) is 89.2 cm³/mol. The molecule has 1 atom stereocenters. The lowest BCUT2D eigenvalue weighted by molar-refractivity contribution is -0.138. The van der Waals surface area contributed by atoms with Gasteiger partial charge < -0.3 is 10.4 Å². The van der Waals surface area contributed by atoms with Crippen LogP contribution in [0.25, 0.3) is 0 Å². The lowest BCUT2D eigenvalue weighted by Gasteiger charge is -2.16. The molecule has 0 fully saturated rings. The van der Waals surface area contributed by atoms with Crippen LogP contribution < -0.4 is 5.32 Å². The first-order valence-electron chi connectivity index (χ1n) is 6.46. The van der Waals surface area contributed by atoms with Crippen molar-refractivity contribution in [3.05, 3.63) is 63.1 Å². The number of hydrogen-bond donors (Lipinski definition) is 2. The lowest BCUT2D eigenvalue weighted by Crippen LogP contribution is -2.21. The van der Waals surface area contributed by atoms with Gasteiger partial charge in [-0.05, 0) is 46.1 Å². The van der Waals surface area contributed by atoms with Gasteiger partial charge in [0, 0.05) is 21.7 Å². The third-order valence-corrected chi connectivity index (χ3v) is 4.31. The van der Waals surface area contributed by atoms with Gasteiger partial charge in [-0.15, -0.1) is 0 Å². The zero-order valence-electron chi connectivity index (χ0n) is 11.4. The van der Waals surface area contributed by atoms with Crippen LogP contribution in [0.15, 0.2) is 46.9 Å². The number of rotatable bonds is 5. The number of aliphatic carboxylic acids is 1. The fourth-order valence-corrected chi connectivity index (χ4v) is 2.79. The van der Waals surface area contributed by atoms with Gasteiger partial charge in [0.05, 0.1) is 5.92 Å². The Bertz CT molecular complexity index is 646. The molecule has 2 N–H and O–H groups in total. The highest BCUT2D eigenvalue weighted by molar-refractivity contribution is 9.10. The van der Waals surface area contributed by atoms with Gasteiger partial charge in [-0.2, -0.15) is 0 Å². The first-order valence-corrected chi connectivity index (χ1v) is 7.63. The van der Waals surface area contributed by atoms with Crippen LogP contribution in [0.1, 0.15) is 17.0 Å². The molecule has 0 amide bonds.